The topological polar surface area (TPSA) is 15.3 Å². The predicted molar refractivity (Wildman–Crippen MR) is 73.0 cm³/mol. The summed E-state index contributed by atoms with van der Waals surface area (Å²) in [7, 11) is 0. The molecule has 0 radical (unpaired) electrons. The van der Waals surface area contributed by atoms with Crippen LogP contribution in [-0.4, -0.2) is 25.2 Å². The van der Waals surface area contributed by atoms with Gasteiger partial charge in [-0.05, 0) is 35.3 Å². The highest BCUT2D eigenvalue weighted by molar-refractivity contribution is 9.10. The molecule has 5 heteroatoms. The predicted octanol–water partition coefficient (Wildman–Crippen LogP) is 3.31. The van der Waals surface area contributed by atoms with Gasteiger partial charge in [-0.2, -0.15) is 0 Å². The van der Waals surface area contributed by atoms with Crippen LogP contribution in [0.3, 0.4) is 0 Å². The van der Waals surface area contributed by atoms with Gasteiger partial charge in [0.05, 0.1) is 5.69 Å². The average molecular weight is 319 g/mol. The fourth-order valence-corrected chi connectivity index (χ4v) is 2.97. The summed E-state index contributed by atoms with van der Waals surface area (Å²) < 4.78 is 27.5. The van der Waals surface area contributed by atoms with Crippen LogP contribution < -0.4 is 10.2 Å². The van der Waals surface area contributed by atoms with E-state index in [4.69, 9.17) is 0 Å². The molecule has 1 aliphatic rings. The number of piperazine rings is 1. The van der Waals surface area contributed by atoms with E-state index < -0.39 is 11.6 Å². The lowest BCUT2D eigenvalue weighted by molar-refractivity contribution is 0.312. The molecule has 1 saturated heterocycles. The minimum Gasteiger partial charge on any atom is -0.365 e. The second-order valence-electron chi connectivity index (χ2n) is 4.98. The monoisotopic (exact) mass is 318 g/mol. The summed E-state index contributed by atoms with van der Waals surface area (Å²) in [4.78, 5) is 1.97. The van der Waals surface area contributed by atoms with E-state index in [9.17, 15) is 8.78 Å². The summed E-state index contributed by atoms with van der Waals surface area (Å²) in [6.07, 6.45) is 0.962. The quantitative estimate of drug-likeness (QED) is 0.900. The summed E-state index contributed by atoms with van der Waals surface area (Å²) in [6, 6.07) is 2.25. The number of rotatable bonds is 2. The zero-order valence-corrected chi connectivity index (χ0v) is 12.2. The third-order valence-electron chi connectivity index (χ3n) is 3.55. The Morgan fingerprint density at radius 1 is 1.44 bits per heavy atom. The molecule has 0 saturated carbocycles. The van der Waals surface area contributed by atoms with Crippen molar-refractivity contribution < 1.29 is 8.78 Å². The molecular weight excluding hydrogens is 302 g/mol. The Kier molecular flexibility index (Phi) is 3.92. The zero-order chi connectivity index (χ0) is 13.3. The molecule has 1 aromatic rings. The SMILES string of the molecule is CCC1(C)CN(c2c(F)cc(F)cc2Br)CCN1. The van der Waals surface area contributed by atoms with E-state index in [1.54, 1.807) is 0 Å². The van der Waals surface area contributed by atoms with E-state index >= 15 is 0 Å². The maximum absolute atomic E-state index is 13.9. The van der Waals surface area contributed by atoms with E-state index in [0.29, 0.717) is 16.7 Å². The van der Waals surface area contributed by atoms with Crippen molar-refractivity contribution in [3.05, 3.63) is 28.2 Å². The zero-order valence-electron chi connectivity index (χ0n) is 10.6. The summed E-state index contributed by atoms with van der Waals surface area (Å²) in [5.74, 6) is -1.07. The van der Waals surface area contributed by atoms with Crippen molar-refractivity contribution in [2.24, 2.45) is 0 Å². The van der Waals surface area contributed by atoms with E-state index in [-0.39, 0.29) is 5.54 Å². The van der Waals surface area contributed by atoms with Gasteiger partial charge in [-0.15, -0.1) is 0 Å². The van der Waals surface area contributed by atoms with Crippen LogP contribution in [0.25, 0.3) is 0 Å². The first kappa shape index (κ1) is 13.7. The molecule has 0 bridgehead atoms. The van der Waals surface area contributed by atoms with Crippen LogP contribution in [0.2, 0.25) is 0 Å². The summed E-state index contributed by atoms with van der Waals surface area (Å²) in [5, 5.41) is 3.44. The van der Waals surface area contributed by atoms with Crippen LogP contribution >= 0.6 is 15.9 Å². The Hall–Kier alpha value is -0.680. The van der Waals surface area contributed by atoms with Crippen LogP contribution in [0.1, 0.15) is 20.3 Å². The molecule has 100 valence electrons. The van der Waals surface area contributed by atoms with Gasteiger partial charge in [-0.3, -0.25) is 0 Å². The third kappa shape index (κ3) is 2.67. The molecule has 0 spiro atoms. The van der Waals surface area contributed by atoms with Crippen molar-refractivity contribution in [2.75, 3.05) is 24.5 Å². The van der Waals surface area contributed by atoms with Gasteiger partial charge in [0.1, 0.15) is 5.82 Å². The van der Waals surface area contributed by atoms with Gasteiger partial charge < -0.3 is 10.2 Å². The Balaban J connectivity index is 2.32. The van der Waals surface area contributed by atoms with E-state index in [2.05, 4.69) is 35.1 Å². The normalized spacial score (nSPS) is 24.4. The largest absolute Gasteiger partial charge is 0.365 e. The van der Waals surface area contributed by atoms with E-state index in [0.717, 1.165) is 25.6 Å². The Morgan fingerprint density at radius 2 is 2.17 bits per heavy atom. The summed E-state index contributed by atoms with van der Waals surface area (Å²) in [6.45, 7) is 6.45. The van der Waals surface area contributed by atoms with Crippen molar-refractivity contribution in [3.8, 4) is 0 Å². The van der Waals surface area contributed by atoms with Crippen LogP contribution in [0, 0.1) is 11.6 Å². The molecule has 1 atom stereocenters. The molecule has 1 unspecified atom stereocenters. The lowest BCUT2D eigenvalue weighted by Gasteiger charge is -2.42. The Bertz CT molecular complexity index is 430. The number of hydrogen-bond donors (Lipinski definition) is 1. The van der Waals surface area contributed by atoms with Crippen molar-refractivity contribution in [1.29, 1.82) is 0 Å². The van der Waals surface area contributed by atoms with Gasteiger partial charge in [0, 0.05) is 35.7 Å². The summed E-state index contributed by atoms with van der Waals surface area (Å²) >= 11 is 3.25. The number of nitrogens with zero attached hydrogens (tertiary/aromatic N) is 1. The molecular formula is C13H17BrF2N2. The maximum atomic E-state index is 13.9. The van der Waals surface area contributed by atoms with Crippen molar-refractivity contribution in [1.82, 2.24) is 5.32 Å². The number of anilines is 1. The lowest BCUT2D eigenvalue weighted by atomic mass is 9.95. The Labute approximate surface area is 114 Å². The van der Waals surface area contributed by atoms with Gasteiger partial charge in [-0.1, -0.05) is 6.92 Å². The van der Waals surface area contributed by atoms with Crippen molar-refractivity contribution in [2.45, 2.75) is 25.8 Å². The number of benzene rings is 1. The Morgan fingerprint density at radius 3 is 2.78 bits per heavy atom. The van der Waals surface area contributed by atoms with Crippen LogP contribution in [0.4, 0.5) is 14.5 Å². The van der Waals surface area contributed by atoms with Crippen molar-refractivity contribution >= 4 is 21.6 Å². The maximum Gasteiger partial charge on any atom is 0.150 e. The molecule has 1 aliphatic heterocycles. The highest BCUT2D eigenvalue weighted by atomic mass is 79.9. The molecule has 2 nitrogen and oxygen atoms in total. The minimum absolute atomic E-state index is 0.0292. The number of hydrogen-bond acceptors (Lipinski definition) is 2. The molecule has 1 aromatic carbocycles. The first-order chi connectivity index (χ1) is 8.45. The number of nitrogens with one attached hydrogen (secondary N) is 1. The molecule has 1 heterocycles. The second-order valence-corrected chi connectivity index (χ2v) is 5.83. The smallest absolute Gasteiger partial charge is 0.150 e. The van der Waals surface area contributed by atoms with Gasteiger partial charge >= 0.3 is 0 Å². The molecule has 0 aromatic heterocycles. The van der Waals surface area contributed by atoms with Crippen LogP contribution in [0.5, 0.6) is 0 Å². The fourth-order valence-electron chi connectivity index (χ4n) is 2.31. The molecule has 18 heavy (non-hydrogen) atoms. The minimum atomic E-state index is -0.559. The van der Waals surface area contributed by atoms with Crippen LogP contribution in [0.15, 0.2) is 16.6 Å². The summed E-state index contributed by atoms with van der Waals surface area (Å²) in [5.41, 5.74) is 0.427. The van der Waals surface area contributed by atoms with E-state index in [1.165, 1.54) is 6.07 Å². The molecule has 1 fully saturated rings. The van der Waals surface area contributed by atoms with Gasteiger partial charge in [0.15, 0.2) is 5.82 Å². The third-order valence-corrected chi connectivity index (χ3v) is 4.16. The highest BCUT2D eigenvalue weighted by Crippen LogP contribution is 2.32. The van der Waals surface area contributed by atoms with Gasteiger partial charge in [0.2, 0.25) is 0 Å². The molecule has 2 rings (SSSR count). The molecule has 1 N–H and O–H groups in total. The first-order valence-electron chi connectivity index (χ1n) is 6.10. The standard InChI is InChI=1S/C13H17BrF2N2/c1-3-13(2)8-18(5-4-17-13)12-10(14)6-9(15)7-11(12)16/h6-7,17H,3-5,8H2,1-2H3. The fraction of sp³-hybridized carbons (Fsp3) is 0.538. The molecule has 0 amide bonds. The number of halogens is 3. The molecule has 0 aliphatic carbocycles. The van der Waals surface area contributed by atoms with Gasteiger partial charge in [0.25, 0.3) is 0 Å². The van der Waals surface area contributed by atoms with E-state index in [1.807, 2.05) is 4.90 Å². The highest BCUT2D eigenvalue weighted by Gasteiger charge is 2.30. The average Bonchev–Trinajstić information content (AvgIpc) is 2.28. The van der Waals surface area contributed by atoms with Crippen LogP contribution in [-0.2, 0) is 0 Å². The van der Waals surface area contributed by atoms with Crippen molar-refractivity contribution in [3.63, 3.8) is 0 Å². The lowest BCUT2D eigenvalue weighted by Crippen LogP contribution is -2.58. The van der Waals surface area contributed by atoms with Gasteiger partial charge in [-0.25, -0.2) is 8.78 Å². The first-order valence-corrected chi connectivity index (χ1v) is 6.89. The second kappa shape index (κ2) is 5.13.